The SMILES string of the molecule is Cc1cc(Br)c(CCC2(CCNC3CC3)CCCCC2)s1. The van der Waals surface area contributed by atoms with Crippen LogP contribution in [-0.4, -0.2) is 12.6 Å². The second-order valence-electron chi connectivity index (χ2n) is 7.17. The third-order valence-corrected chi connectivity index (χ3v) is 7.42. The van der Waals surface area contributed by atoms with Crippen molar-refractivity contribution in [1.29, 1.82) is 0 Å². The summed E-state index contributed by atoms with van der Waals surface area (Å²) >= 11 is 5.72. The van der Waals surface area contributed by atoms with E-state index >= 15 is 0 Å². The van der Waals surface area contributed by atoms with Crippen LogP contribution in [0.15, 0.2) is 10.5 Å². The number of nitrogens with one attached hydrogen (secondary N) is 1. The van der Waals surface area contributed by atoms with Crippen molar-refractivity contribution in [3.05, 3.63) is 20.3 Å². The maximum Gasteiger partial charge on any atom is 0.0317 e. The van der Waals surface area contributed by atoms with Crippen molar-refractivity contribution in [2.75, 3.05) is 6.54 Å². The minimum atomic E-state index is 0.622. The van der Waals surface area contributed by atoms with Crippen molar-refractivity contribution < 1.29 is 0 Å². The van der Waals surface area contributed by atoms with E-state index in [1.165, 1.54) is 80.1 Å². The number of thiophene rings is 1. The highest BCUT2D eigenvalue weighted by molar-refractivity contribution is 9.10. The maximum atomic E-state index is 3.74. The van der Waals surface area contributed by atoms with Crippen LogP contribution in [0.5, 0.6) is 0 Å². The fraction of sp³-hybridized carbons (Fsp3) is 0.778. The largest absolute Gasteiger partial charge is 0.314 e. The zero-order valence-corrected chi connectivity index (χ0v) is 15.6. The first-order valence-corrected chi connectivity index (χ1v) is 10.3. The second kappa shape index (κ2) is 7.14. The van der Waals surface area contributed by atoms with E-state index in [0.29, 0.717) is 5.41 Å². The lowest BCUT2D eigenvalue weighted by Gasteiger charge is -2.38. The summed E-state index contributed by atoms with van der Waals surface area (Å²) in [5, 5.41) is 3.74. The van der Waals surface area contributed by atoms with E-state index in [0.717, 1.165) is 6.04 Å². The molecule has 3 rings (SSSR count). The van der Waals surface area contributed by atoms with Crippen molar-refractivity contribution in [2.24, 2.45) is 5.41 Å². The van der Waals surface area contributed by atoms with Gasteiger partial charge in [0.05, 0.1) is 0 Å². The maximum absolute atomic E-state index is 3.74. The van der Waals surface area contributed by atoms with Crippen LogP contribution < -0.4 is 5.32 Å². The summed E-state index contributed by atoms with van der Waals surface area (Å²) < 4.78 is 1.34. The van der Waals surface area contributed by atoms with E-state index in [4.69, 9.17) is 0 Å². The number of hydrogen-bond acceptors (Lipinski definition) is 2. The fourth-order valence-electron chi connectivity index (χ4n) is 3.84. The van der Waals surface area contributed by atoms with E-state index in [1.54, 1.807) is 4.88 Å². The molecular formula is C18H28BrNS. The monoisotopic (exact) mass is 369 g/mol. The fourth-order valence-corrected chi connectivity index (χ4v) is 5.70. The van der Waals surface area contributed by atoms with Crippen molar-refractivity contribution in [1.82, 2.24) is 5.32 Å². The zero-order chi connectivity index (χ0) is 14.7. The summed E-state index contributed by atoms with van der Waals surface area (Å²) in [6, 6.07) is 3.14. The molecule has 2 saturated carbocycles. The minimum absolute atomic E-state index is 0.622. The summed E-state index contributed by atoms with van der Waals surface area (Å²) in [4.78, 5) is 3.00. The third-order valence-electron chi connectivity index (χ3n) is 5.34. The molecule has 2 aliphatic rings. The van der Waals surface area contributed by atoms with Gasteiger partial charge < -0.3 is 5.32 Å². The second-order valence-corrected chi connectivity index (χ2v) is 9.36. The summed E-state index contributed by atoms with van der Waals surface area (Å²) in [5.74, 6) is 0. The van der Waals surface area contributed by atoms with E-state index < -0.39 is 0 Å². The van der Waals surface area contributed by atoms with Gasteiger partial charge in [-0.25, -0.2) is 0 Å². The van der Waals surface area contributed by atoms with Gasteiger partial charge in [-0.1, -0.05) is 19.3 Å². The van der Waals surface area contributed by atoms with Gasteiger partial charge in [0.1, 0.15) is 0 Å². The number of rotatable bonds is 7. The Morgan fingerprint density at radius 1 is 1.24 bits per heavy atom. The molecule has 1 nitrogen and oxygen atoms in total. The first kappa shape index (κ1) is 16.0. The average Bonchev–Trinajstić information content (AvgIpc) is 3.23. The van der Waals surface area contributed by atoms with Gasteiger partial charge in [0.15, 0.2) is 0 Å². The van der Waals surface area contributed by atoms with Crippen LogP contribution in [0.3, 0.4) is 0 Å². The molecule has 0 radical (unpaired) electrons. The first-order chi connectivity index (χ1) is 10.2. The lowest BCUT2D eigenvalue weighted by atomic mass is 9.69. The first-order valence-electron chi connectivity index (χ1n) is 8.65. The lowest BCUT2D eigenvalue weighted by Crippen LogP contribution is -2.30. The predicted octanol–water partition coefficient (Wildman–Crippen LogP) is 5.84. The molecule has 2 aliphatic carbocycles. The van der Waals surface area contributed by atoms with E-state index in [-0.39, 0.29) is 0 Å². The highest BCUT2D eigenvalue weighted by atomic mass is 79.9. The highest BCUT2D eigenvalue weighted by Crippen LogP contribution is 2.44. The Bertz CT molecular complexity index is 458. The average molecular weight is 370 g/mol. The van der Waals surface area contributed by atoms with Gasteiger partial charge >= 0.3 is 0 Å². The Hall–Kier alpha value is 0.140. The van der Waals surface area contributed by atoms with Crippen LogP contribution in [0, 0.1) is 12.3 Å². The Kier molecular flexibility index (Phi) is 5.45. The summed E-state index contributed by atoms with van der Waals surface area (Å²) in [5.41, 5.74) is 0.622. The van der Waals surface area contributed by atoms with Crippen molar-refractivity contribution in [3.63, 3.8) is 0 Å². The topological polar surface area (TPSA) is 12.0 Å². The molecule has 1 N–H and O–H groups in total. The lowest BCUT2D eigenvalue weighted by molar-refractivity contribution is 0.156. The summed E-state index contributed by atoms with van der Waals surface area (Å²) in [7, 11) is 0. The van der Waals surface area contributed by atoms with Gasteiger partial charge in [-0.2, -0.15) is 0 Å². The molecule has 1 aromatic rings. The molecule has 1 heterocycles. The molecule has 118 valence electrons. The molecule has 0 spiro atoms. The van der Waals surface area contributed by atoms with Gasteiger partial charge in [-0.3, -0.25) is 0 Å². The van der Waals surface area contributed by atoms with Gasteiger partial charge in [0.2, 0.25) is 0 Å². The van der Waals surface area contributed by atoms with Gasteiger partial charge in [-0.05, 0) is 85.8 Å². The van der Waals surface area contributed by atoms with Crippen LogP contribution in [-0.2, 0) is 6.42 Å². The molecule has 0 unspecified atom stereocenters. The van der Waals surface area contributed by atoms with Crippen LogP contribution in [0.1, 0.15) is 67.5 Å². The smallest absolute Gasteiger partial charge is 0.0317 e. The Morgan fingerprint density at radius 3 is 2.62 bits per heavy atom. The standard InChI is InChI=1S/C18H28BrNS/c1-14-13-16(19)17(21-14)7-10-18(8-3-2-4-9-18)11-12-20-15-5-6-15/h13,15,20H,2-12H2,1H3. The highest BCUT2D eigenvalue weighted by Gasteiger charge is 2.32. The summed E-state index contributed by atoms with van der Waals surface area (Å²) in [6.45, 7) is 3.46. The van der Waals surface area contributed by atoms with Crippen molar-refractivity contribution >= 4 is 27.3 Å². The van der Waals surface area contributed by atoms with Crippen molar-refractivity contribution in [2.45, 2.75) is 77.2 Å². The zero-order valence-electron chi connectivity index (χ0n) is 13.2. The molecule has 3 heteroatoms. The molecule has 1 aromatic heterocycles. The van der Waals surface area contributed by atoms with Crippen LogP contribution in [0.2, 0.25) is 0 Å². The van der Waals surface area contributed by atoms with E-state index in [2.05, 4.69) is 34.2 Å². The quantitative estimate of drug-likeness (QED) is 0.635. The number of halogens is 1. The molecule has 0 aliphatic heterocycles. The Labute approximate surface area is 142 Å². The molecule has 0 saturated heterocycles. The van der Waals surface area contributed by atoms with Gasteiger partial charge in [0, 0.05) is 20.3 Å². The van der Waals surface area contributed by atoms with Crippen LogP contribution >= 0.6 is 27.3 Å². The molecule has 0 bridgehead atoms. The number of hydrogen-bond donors (Lipinski definition) is 1. The van der Waals surface area contributed by atoms with Gasteiger partial charge in [-0.15, -0.1) is 11.3 Å². The van der Waals surface area contributed by atoms with Gasteiger partial charge in [0.25, 0.3) is 0 Å². The molecular weight excluding hydrogens is 342 g/mol. The van der Waals surface area contributed by atoms with E-state index in [9.17, 15) is 0 Å². The van der Waals surface area contributed by atoms with E-state index in [1.807, 2.05) is 11.3 Å². The minimum Gasteiger partial charge on any atom is -0.314 e. The molecule has 21 heavy (non-hydrogen) atoms. The Balaban J connectivity index is 1.56. The molecule has 2 fully saturated rings. The Morgan fingerprint density at radius 2 is 2.00 bits per heavy atom. The molecule has 0 aromatic carbocycles. The summed E-state index contributed by atoms with van der Waals surface area (Å²) in [6.07, 6.45) is 14.2. The third kappa shape index (κ3) is 4.56. The normalized spacial score (nSPS) is 21.6. The van der Waals surface area contributed by atoms with Crippen molar-refractivity contribution in [3.8, 4) is 0 Å². The molecule has 0 amide bonds. The predicted molar refractivity (Wildman–Crippen MR) is 96.2 cm³/mol. The van der Waals surface area contributed by atoms with Crippen LogP contribution in [0.25, 0.3) is 0 Å². The number of aryl methyl sites for hydroxylation is 2. The molecule has 0 atom stereocenters. The van der Waals surface area contributed by atoms with Crippen LogP contribution in [0.4, 0.5) is 0 Å².